The van der Waals surface area contributed by atoms with E-state index in [0.29, 0.717) is 31.2 Å². The average molecular weight is 417 g/mol. The molecule has 2 heterocycles. The predicted octanol–water partition coefficient (Wildman–Crippen LogP) is 3.44. The SMILES string of the molecule is CSc1cnc(CC[C@@H](O)CCc2nc3ccc(C(=O)N(C)C)cc3s2)nc1. The minimum absolute atomic E-state index is 0.0138. The van der Waals surface area contributed by atoms with Gasteiger partial charge in [0.05, 0.1) is 21.3 Å². The number of carbonyl (C=O) groups is 1. The molecule has 0 aliphatic heterocycles. The molecule has 8 heteroatoms. The van der Waals surface area contributed by atoms with Gasteiger partial charge in [-0.15, -0.1) is 23.1 Å². The van der Waals surface area contributed by atoms with Crippen molar-refractivity contribution in [3.05, 3.63) is 47.0 Å². The Morgan fingerprint density at radius 3 is 2.61 bits per heavy atom. The van der Waals surface area contributed by atoms with Crippen molar-refractivity contribution in [1.29, 1.82) is 0 Å². The predicted molar refractivity (Wildman–Crippen MR) is 114 cm³/mol. The molecule has 3 aromatic rings. The number of thioether (sulfide) groups is 1. The molecule has 0 spiro atoms. The van der Waals surface area contributed by atoms with Crippen molar-refractivity contribution >= 4 is 39.2 Å². The van der Waals surface area contributed by atoms with E-state index >= 15 is 0 Å². The van der Waals surface area contributed by atoms with E-state index < -0.39 is 6.10 Å². The fourth-order valence-electron chi connectivity index (χ4n) is 2.78. The van der Waals surface area contributed by atoms with Gasteiger partial charge >= 0.3 is 0 Å². The van der Waals surface area contributed by atoms with Crippen molar-refractivity contribution in [1.82, 2.24) is 19.9 Å². The van der Waals surface area contributed by atoms with Crippen molar-refractivity contribution in [3.63, 3.8) is 0 Å². The van der Waals surface area contributed by atoms with E-state index in [2.05, 4.69) is 15.0 Å². The maximum absolute atomic E-state index is 12.1. The molecule has 0 unspecified atom stereocenters. The van der Waals surface area contributed by atoms with Crippen molar-refractivity contribution in [2.45, 2.75) is 36.7 Å². The summed E-state index contributed by atoms with van der Waals surface area (Å²) in [5.41, 5.74) is 1.56. The van der Waals surface area contributed by atoms with Crippen LogP contribution in [-0.2, 0) is 12.8 Å². The van der Waals surface area contributed by atoms with Crippen LogP contribution in [0.3, 0.4) is 0 Å². The van der Waals surface area contributed by atoms with Crippen LogP contribution in [0, 0.1) is 0 Å². The van der Waals surface area contributed by atoms with Crippen LogP contribution in [0.2, 0.25) is 0 Å². The minimum atomic E-state index is -0.415. The molecule has 0 aliphatic carbocycles. The summed E-state index contributed by atoms with van der Waals surface area (Å²) in [5, 5.41) is 11.3. The molecule has 0 bridgehead atoms. The molecule has 1 amide bonds. The van der Waals surface area contributed by atoms with Crippen molar-refractivity contribution in [2.24, 2.45) is 0 Å². The zero-order valence-corrected chi connectivity index (χ0v) is 17.9. The maximum Gasteiger partial charge on any atom is 0.253 e. The molecule has 1 atom stereocenters. The van der Waals surface area contributed by atoms with E-state index in [1.165, 1.54) is 0 Å². The Bertz CT molecular complexity index is 941. The number of fused-ring (bicyclic) bond motifs is 1. The molecule has 0 radical (unpaired) electrons. The molecule has 0 aliphatic rings. The minimum Gasteiger partial charge on any atom is -0.393 e. The summed E-state index contributed by atoms with van der Waals surface area (Å²) >= 11 is 3.19. The number of nitrogens with zero attached hydrogens (tertiary/aromatic N) is 4. The second-order valence-electron chi connectivity index (χ2n) is 6.76. The van der Waals surface area contributed by atoms with E-state index in [9.17, 15) is 9.90 Å². The van der Waals surface area contributed by atoms with E-state index in [-0.39, 0.29) is 5.91 Å². The van der Waals surface area contributed by atoms with Gasteiger partial charge in [0.15, 0.2) is 0 Å². The van der Waals surface area contributed by atoms with Crippen LogP contribution >= 0.6 is 23.1 Å². The standard InChI is InChI=1S/C20H24N4O2S2/c1-24(2)20(26)13-4-7-16-17(10-13)28-19(23-16)9-6-14(25)5-8-18-21-11-15(27-3)12-22-18/h4,7,10-12,14,25H,5-6,8-9H2,1-3H3/t14-/m1/s1. The van der Waals surface area contributed by atoms with Gasteiger partial charge in [0.1, 0.15) is 5.82 Å². The molecule has 0 fully saturated rings. The van der Waals surface area contributed by atoms with Gasteiger partial charge in [-0.1, -0.05) is 0 Å². The molecule has 0 saturated heterocycles. The van der Waals surface area contributed by atoms with E-state index in [0.717, 1.165) is 25.9 Å². The number of aromatic nitrogens is 3. The summed E-state index contributed by atoms with van der Waals surface area (Å²) in [6.07, 6.45) is 7.85. The Morgan fingerprint density at radius 2 is 1.93 bits per heavy atom. The van der Waals surface area contributed by atoms with Gasteiger partial charge in [-0.2, -0.15) is 0 Å². The van der Waals surface area contributed by atoms with Crippen LogP contribution in [-0.4, -0.2) is 57.3 Å². The Balaban J connectivity index is 1.54. The number of carbonyl (C=O) groups excluding carboxylic acids is 1. The molecule has 1 aromatic carbocycles. The molecule has 1 N–H and O–H groups in total. The van der Waals surface area contributed by atoms with Crippen LogP contribution in [0.5, 0.6) is 0 Å². The number of rotatable bonds is 8. The summed E-state index contributed by atoms with van der Waals surface area (Å²) < 4.78 is 1.000. The van der Waals surface area contributed by atoms with Gasteiger partial charge in [0, 0.05) is 49.8 Å². The summed E-state index contributed by atoms with van der Waals surface area (Å²) in [4.78, 5) is 28.0. The summed E-state index contributed by atoms with van der Waals surface area (Å²) in [5.74, 6) is 0.745. The lowest BCUT2D eigenvalue weighted by Crippen LogP contribution is -2.21. The normalized spacial score (nSPS) is 12.3. The number of aliphatic hydroxyl groups is 1. The largest absolute Gasteiger partial charge is 0.393 e. The lowest BCUT2D eigenvalue weighted by Gasteiger charge is -2.09. The quantitative estimate of drug-likeness (QED) is 0.567. The number of amides is 1. The monoisotopic (exact) mass is 416 g/mol. The van der Waals surface area contributed by atoms with E-state index in [1.807, 2.05) is 36.8 Å². The Morgan fingerprint density at radius 1 is 1.21 bits per heavy atom. The summed E-state index contributed by atoms with van der Waals surface area (Å²) in [7, 11) is 3.49. The first-order valence-electron chi connectivity index (χ1n) is 9.10. The lowest BCUT2D eigenvalue weighted by molar-refractivity contribution is 0.0828. The van der Waals surface area contributed by atoms with Gasteiger partial charge < -0.3 is 10.0 Å². The van der Waals surface area contributed by atoms with Crippen LogP contribution < -0.4 is 0 Å². The van der Waals surface area contributed by atoms with Crippen LogP contribution in [0.25, 0.3) is 10.2 Å². The van der Waals surface area contributed by atoms with Gasteiger partial charge in [-0.25, -0.2) is 15.0 Å². The molecule has 28 heavy (non-hydrogen) atoms. The highest BCUT2D eigenvalue weighted by Gasteiger charge is 2.12. The van der Waals surface area contributed by atoms with E-state index in [1.54, 1.807) is 42.1 Å². The topological polar surface area (TPSA) is 79.2 Å². The van der Waals surface area contributed by atoms with Crippen LogP contribution in [0.1, 0.15) is 34.0 Å². The lowest BCUT2D eigenvalue weighted by atomic mass is 10.1. The van der Waals surface area contributed by atoms with Gasteiger partial charge in [0.25, 0.3) is 5.91 Å². The number of aryl methyl sites for hydroxylation is 2. The van der Waals surface area contributed by atoms with Crippen molar-refractivity contribution < 1.29 is 9.90 Å². The Kier molecular flexibility index (Phi) is 6.98. The Hall–Kier alpha value is -2.03. The second kappa shape index (κ2) is 9.45. The third-order valence-electron chi connectivity index (χ3n) is 4.40. The molecular weight excluding hydrogens is 392 g/mol. The number of benzene rings is 1. The number of aliphatic hydroxyl groups excluding tert-OH is 1. The third kappa shape index (κ3) is 5.27. The highest BCUT2D eigenvalue weighted by atomic mass is 32.2. The first-order chi connectivity index (χ1) is 13.5. The fraction of sp³-hybridized carbons (Fsp3) is 0.400. The maximum atomic E-state index is 12.1. The van der Waals surface area contributed by atoms with Gasteiger partial charge in [0.2, 0.25) is 0 Å². The summed E-state index contributed by atoms with van der Waals surface area (Å²) in [6.45, 7) is 0. The van der Waals surface area contributed by atoms with Crippen LogP contribution in [0.15, 0.2) is 35.5 Å². The van der Waals surface area contributed by atoms with Gasteiger partial charge in [-0.3, -0.25) is 4.79 Å². The number of hydrogen-bond donors (Lipinski definition) is 1. The molecule has 148 valence electrons. The third-order valence-corrected chi connectivity index (χ3v) is 6.16. The Labute approximate surface area is 173 Å². The second-order valence-corrected chi connectivity index (χ2v) is 8.75. The fourth-order valence-corrected chi connectivity index (χ4v) is 4.12. The molecular formula is C20H24N4O2S2. The number of thiazole rings is 1. The smallest absolute Gasteiger partial charge is 0.253 e. The van der Waals surface area contributed by atoms with Gasteiger partial charge in [-0.05, 0) is 37.3 Å². The average Bonchev–Trinajstić information content (AvgIpc) is 3.12. The first-order valence-corrected chi connectivity index (χ1v) is 11.1. The highest BCUT2D eigenvalue weighted by molar-refractivity contribution is 7.98. The highest BCUT2D eigenvalue weighted by Crippen LogP contribution is 2.25. The van der Waals surface area contributed by atoms with Crippen molar-refractivity contribution in [2.75, 3.05) is 20.4 Å². The van der Waals surface area contributed by atoms with Crippen molar-refractivity contribution in [3.8, 4) is 0 Å². The number of hydrogen-bond acceptors (Lipinski definition) is 7. The zero-order chi connectivity index (χ0) is 20.1. The van der Waals surface area contributed by atoms with E-state index in [4.69, 9.17) is 0 Å². The van der Waals surface area contributed by atoms with Crippen LogP contribution in [0.4, 0.5) is 0 Å². The molecule has 0 saturated carbocycles. The summed E-state index contributed by atoms with van der Waals surface area (Å²) in [6, 6.07) is 5.59. The first kappa shape index (κ1) is 20.7. The molecule has 2 aromatic heterocycles. The molecule has 3 rings (SSSR count). The zero-order valence-electron chi connectivity index (χ0n) is 16.3. The molecule has 6 nitrogen and oxygen atoms in total.